The van der Waals surface area contributed by atoms with Crippen LogP contribution in [0.5, 0.6) is 5.75 Å². The van der Waals surface area contributed by atoms with Crippen molar-refractivity contribution in [3.8, 4) is 5.75 Å². The monoisotopic (exact) mass is 338 g/mol. The Morgan fingerprint density at radius 3 is 2.50 bits per heavy atom. The van der Waals surface area contributed by atoms with Gasteiger partial charge in [-0.25, -0.2) is 4.39 Å². The van der Waals surface area contributed by atoms with E-state index in [0.717, 1.165) is 6.07 Å². The van der Waals surface area contributed by atoms with Gasteiger partial charge in [-0.1, -0.05) is 30.3 Å². The van der Waals surface area contributed by atoms with Gasteiger partial charge >= 0.3 is 0 Å². The Labute approximate surface area is 124 Å². The SMILES string of the molecule is COc1c(F)cc(C(O)C(=O)c2ccccc2)cc1Br. The van der Waals surface area contributed by atoms with E-state index >= 15 is 0 Å². The zero-order chi connectivity index (χ0) is 14.7. The molecular formula is C15H12BrFO3. The molecule has 0 aliphatic carbocycles. The summed E-state index contributed by atoms with van der Waals surface area (Å²) >= 11 is 3.14. The summed E-state index contributed by atoms with van der Waals surface area (Å²) in [4.78, 5) is 12.1. The van der Waals surface area contributed by atoms with Crippen LogP contribution in [-0.4, -0.2) is 18.0 Å². The molecular weight excluding hydrogens is 327 g/mol. The Morgan fingerprint density at radius 2 is 1.95 bits per heavy atom. The molecule has 104 valence electrons. The summed E-state index contributed by atoms with van der Waals surface area (Å²) in [6.07, 6.45) is -1.42. The smallest absolute Gasteiger partial charge is 0.195 e. The number of aliphatic hydroxyl groups is 1. The second-order valence-corrected chi connectivity index (χ2v) is 5.00. The van der Waals surface area contributed by atoms with Crippen LogP contribution in [-0.2, 0) is 0 Å². The van der Waals surface area contributed by atoms with Crippen LogP contribution in [0.3, 0.4) is 0 Å². The minimum Gasteiger partial charge on any atom is -0.492 e. The first-order chi connectivity index (χ1) is 9.54. The van der Waals surface area contributed by atoms with Gasteiger partial charge in [0, 0.05) is 5.56 Å². The predicted molar refractivity (Wildman–Crippen MR) is 76.4 cm³/mol. The highest BCUT2D eigenvalue weighted by atomic mass is 79.9. The van der Waals surface area contributed by atoms with Crippen LogP contribution in [0.25, 0.3) is 0 Å². The highest BCUT2D eigenvalue weighted by Gasteiger charge is 2.21. The number of methoxy groups -OCH3 is 1. The highest BCUT2D eigenvalue weighted by Crippen LogP contribution is 2.32. The Hall–Kier alpha value is -1.72. The molecule has 1 unspecified atom stereocenters. The number of benzene rings is 2. The van der Waals surface area contributed by atoms with Crippen LogP contribution in [0.2, 0.25) is 0 Å². The summed E-state index contributed by atoms with van der Waals surface area (Å²) in [6.45, 7) is 0. The molecule has 2 aromatic carbocycles. The van der Waals surface area contributed by atoms with Gasteiger partial charge in [0.2, 0.25) is 0 Å². The van der Waals surface area contributed by atoms with E-state index in [1.54, 1.807) is 30.3 Å². The van der Waals surface area contributed by atoms with Gasteiger partial charge in [-0.3, -0.25) is 4.79 Å². The first-order valence-electron chi connectivity index (χ1n) is 5.85. The van der Waals surface area contributed by atoms with Crippen LogP contribution in [0.15, 0.2) is 46.9 Å². The Balaban J connectivity index is 2.35. The molecule has 0 aliphatic heterocycles. The van der Waals surface area contributed by atoms with E-state index in [0.29, 0.717) is 10.0 Å². The fourth-order valence-corrected chi connectivity index (χ4v) is 2.46. The Morgan fingerprint density at radius 1 is 1.30 bits per heavy atom. The van der Waals surface area contributed by atoms with Gasteiger partial charge in [-0.2, -0.15) is 0 Å². The largest absolute Gasteiger partial charge is 0.492 e. The Bertz CT molecular complexity index is 605. The normalized spacial score (nSPS) is 12.0. The topological polar surface area (TPSA) is 46.5 Å². The molecule has 0 aliphatic rings. The van der Waals surface area contributed by atoms with Gasteiger partial charge < -0.3 is 9.84 Å². The van der Waals surface area contributed by atoms with E-state index in [2.05, 4.69) is 15.9 Å². The maximum Gasteiger partial charge on any atom is 0.195 e. The van der Waals surface area contributed by atoms with Gasteiger partial charge in [0.25, 0.3) is 0 Å². The van der Waals surface area contributed by atoms with Crippen molar-refractivity contribution in [2.45, 2.75) is 6.10 Å². The van der Waals surface area contributed by atoms with Crippen molar-refractivity contribution in [2.75, 3.05) is 7.11 Å². The van der Waals surface area contributed by atoms with Crippen molar-refractivity contribution in [3.05, 3.63) is 63.9 Å². The van der Waals surface area contributed by atoms with E-state index in [1.165, 1.54) is 13.2 Å². The lowest BCUT2D eigenvalue weighted by atomic mass is 10.00. The molecule has 5 heteroatoms. The van der Waals surface area contributed by atoms with Crippen molar-refractivity contribution in [1.82, 2.24) is 0 Å². The average Bonchev–Trinajstić information content (AvgIpc) is 2.46. The number of hydrogen-bond acceptors (Lipinski definition) is 3. The summed E-state index contributed by atoms with van der Waals surface area (Å²) in [7, 11) is 1.34. The van der Waals surface area contributed by atoms with E-state index in [9.17, 15) is 14.3 Å². The molecule has 1 atom stereocenters. The number of halogens is 2. The predicted octanol–water partition coefficient (Wildman–Crippen LogP) is 3.51. The standard InChI is InChI=1S/C15H12BrFO3/c1-20-15-11(16)7-10(8-12(15)17)14(19)13(18)9-5-3-2-4-6-9/h2-8,14,19H,1H3. The van der Waals surface area contributed by atoms with E-state index in [-0.39, 0.29) is 11.3 Å². The summed E-state index contributed by atoms with van der Waals surface area (Å²) in [5, 5.41) is 10.1. The third kappa shape index (κ3) is 2.89. The third-order valence-corrected chi connectivity index (χ3v) is 3.44. The number of rotatable bonds is 4. The summed E-state index contributed by atoms with van der Waals surface area (Å²) < 4.78 is 19.0. The number of Topliss-reactive ketones (excluding diaryl/α,β-unsaturated/α-hetero) is 1. The molecule has 0 aromatic heterocycles. The molecule has 0 heterocycles. The molecule has 0 spiro atoms. The highest BCUT2D eigenvalue weighted by molar-refractivity contribution is 9.10. The number of aliphatic hydroxyl groups excluding tert-OH is 1. The summed E-state index contributed by atoms with van der Waals surface area (Å²) in [6, 6.07) is 10.9. The van der Waals surface area contributed by atoms with Crippen LogP contribution in [0.1, 0.15) is 22.0 Å². The van der Waals surface area contributed by atoms with Crippen molar-refractivity contribution in [3.63, 3.8) is 0 Å². The number of ketones is 1. The molecule has 20 heavy (non-hydrogen) atoms. The third-order valence-electron chi connectivity index (χ3n) is 2.85. The molecule has 1 N–H and O–H groups in total. The van der Waals surface area contributed by atoms with E-state index in [1.807, 2.05) is 0 Å². The zero-order valence-electron chi connectivity index (χ0n) is 10.6. The fraction of sp³-hybridized carbons (Fsp3) is 0.133. The van der Waals surface area contributed by atoms with Gasteiger partial charge in [0.15, 0.2) is 17.3 Å². The second-order valence-electron chi connectivity index (χ2n) is 4.15. The first kappa shape index (κ1) is 14.7. The van der Waals surface area contributed by atoms with Gasteiger partial charge in [-0.05, 0) is 33.6 Å². The van der Waals surface area contributed by atoms with Crippen molar-refractivity contribution in [1.29, 1.82) is 0 Å². The summed E-state index contributed by atoms with van der Waals surface area (Å²) in [5.74, 6) is -1.09. The molecule has 0 radical (unpaired) electrons. The van der Waals surface area contributed by atoms with Crippen LogP contribution in [0.4, 0.5) is 4.39 Å². The number of carbonyl (C=O) groups excluding carboxylic acids is 1. The van der Waals surface area contributed by atoms with Crippen LogP contribution in [0, 0.1) is 5.82 Å². The quantitative estimate of drug-likeness (QED) is 0.867. The first-order valence-corrected chi connectivity index (χ1v) is 6.64. The average molecular weight is 339 g/mol. The van der Waals surface area contributed by atoms with Gasteiger partial charge in [0.05, 0.1) is 11.6 Å². The lowest BCUT2D eigenvalue weighted by molar-refractivity contribution is 0.0746. The van der Waals surface area contributed by atoms with Crippen LogP contribution >= 0.6 is 15.9 Å². The molecule has 0 amide bonds. The Kier molecular flexibility index (Phi) is 4.52. The minimum absolute atomic E-state index is 0.0353. The van der Waals surface area contributed by atoms with Gasteiger partial charge in [-0.15, -0.1) is 0 Å². The van der Waals surface area contributed by atoms with Crippen molar-refractivity contribution >= 4 is 21.7 Å². The maximum atomic E-state index is 13.8. The van der Waals surface area contributed by atoms with E-state index in [4.69, 9.17) is 4.74 Å². The number of hydrogen-bond donors (Lipinski definition) is 1. The fourth-order valence-electron chi connectivity index (χ4n) is 1.84. The molecule has 3 nitrogen and oxygen atoms in total. The number of ether oxygens (including phenoxy) is 1. The minimum atomic E-state index is -1.42. The maximum absolute atomic E-state index is 13.8. The lowest BCUT2D eigenvalue weighted by Crippen LogP contribution is -2.12. The molecule has 2 rings (SSSR count). The summed E-state index contributed by atoms with van der Waals surface area (Å²) in [5.41, 5.74) is 0.538. The number of carbonyl (C=O) groups is 1. The van der Waals surface area contributed by atoms with Gasteiger partial charge in [0.1, 0.15) is 6.10 Å². The molecule has 0 fully saturated rings. The van der Waals surface area contributed by atoms with E-state index < -0.39 is 17.7 Å². The van der Waals surface area contributed by atoms with Crippen molar-refractivity contribution in [2.24, 2.45) is 0 Å². The molecule has 0 saturated carbocycles. The second kappa shape index (κ2) is 6.15. The molecule has 2 aromatic rings. The molecule has 0 saturated heterocycles. The lowest BCUT2D eigenvalue weighted by Gasteiger charge is -2.13. The zero-order valence-corrected chi connectivity index (χ0v) is 12.2. The van der Waals surface area contributed by atoms with Crippen LogP contribution < -0.4 is 4.74 Å². The molecule has 0 bridgehead atoms. The van der Waals surface area contributed by atoms with Crippen molar-refractivity contribution < 1.29 is 19.0 Å².